The van der Waals surface area contributed by atoms with Crippen molar-refractivity contribution >= 4 is 5.78 Å². The van der Waals surface area contributed by atoms with Crippen LogP contribution >= 0.6 is 0 Å². The SMILES string of the molecule is CC1(C)C[C@H]2C(=CC1=O)CC1CC3CC4C1[C@@H]2CC[C@]4(C)[C@@H]3C#N. The minimum Gasteiger partial charge on any atom is -0.294 e. The van der Waals surface area contributed by atoms with Crippen LogP contribution < -0.4 is 0 Å². The second-order valence-electron chi connectivity index (χ2n) is 10.5. The molecule has 128 valence electrons. The molecule has 4 fully saturated rings. The van der Waals surface area contributed by atoms with Crippen molar-refractivity contribution in [3.8, 4) is 6.07 Å². The van der Waals surface area contributed by atoms with E-state index in [1.165, 1.54) is 31.3 Å². The number of allylic oxidation sites excluding steroid dienone is 1. The minimum absolute atomic E-state index is 0.177. The molecular weight excluding hydrogens is 294 g/mol. The van der Waals surface area contributed by atoms with Gasteiger partial charge in [0.2, 0.25) is 0 Å². The van der Waals surface area contributed by atoms with Gasteiger partial charge in [0.25, 0.3) is 0 Å². The highest BCUT2D eigenvalue weighted by atomic mass is 16.1. The van der Waals surface area contributed by atoms with Crippen molar-refractivity contribution in [2.24, 2.45) is 52.3 Å². The highest BCUT2D eigenvalue weighted by Gasteiger charge is 2.65. The first-order chi connectivity index (χ1) is 11.3. The standard InChI is InChI=1S/C22H29NO/c1-21(2)10-16-12(9-19(21)24)6-14-7-13-8-17-20(14)15(16)4-5-22(17,3)18(13)11-23/h9,13-18,20H,4-8,10H2,1-3H3/t13?,14?,15-,16+,17?,18-,20?,22+/m1/s1. The summed E-state index contributed by atoms with van der Waals surface area (Å²) >= 11 is 0. The third-order valence-electron chi connectivity index (χ3n) is 9.05. The van der Waals surface area contributed by atoms with Gasteiger partial charge in [0.1, 0.15) is 0 Å². The molecule has 0 aromatic rings. The summed E-state index contributed by atoms with van der Waals surface area (Å²) in [6.45, 7) is 6.71. The van der Waals surface area contributed by atoms with Crippen LogP contribution in [-0.4, -0.2) is 5.78 Å². The van der Waals surface area contributed by atoms with Crippen LogP contribution in [0.15, 0.2) is 11.6 Å². The molecule has 0 aromatic carbocycles. The summed E-state index contributed by atoms with van der Waals surface area (Å²) < 4.78 is 0. The molecule has 4 saturated carbocycles. The van der Waals surface area contributed by atoms with Gasteiger partial charge in [0.05, 0.1) is 12.0 Å². The zero-order chi connectivity index (χ0) is 16.9. The fraction of sp³-hybridized carbons (Fsp3) is 0.818. The van der Waals surface area contributed by atoms with Crippen LogP contribution in [0, 0.1) is 63.6 Å². The summed E-state index contributed by atoms with van der Waals surface area (Å²) in [7, 11) is 0. The van der Waals surface area contributed by atoms with Crippen LogP contribution in [0.5, 0.6) is 0 Å². The monoisotopic (exact) mass is 323 g/mol. The van der Waals surface area contributed by atoms with Crippen LogP contribution in [0.25, 0.3) is 0 Å². The van der Waals surface area contributed by atoms with Crippen molar-refractivity contribution in [2.45, 2.75) is 59.3 Å². The van der Waals surface area contributed by atoms with Crippen molar-refractivity contribution in [2.75, 3.05) is 0 Å². The van der Waals surface area contributed by atoms with Gasteiger partial charge in [-0.05, 0) is 85.5 Å². The fourth-order valence-electron chi connectivity index (χ4n) is 8.00. The third kappa shape index (κ3) is 1.69. The Morgan fingerprint density at radius 3 is 2.75 bits per heavy atom. The largest absolute Gasteiger partial charge is 0.294 e. The fourth-order valence-corrected chi connectivity index (χ4v) is 8.00. The Morgan fingerprint density at radius 2 is 2.00 bits per heavy atom. The number of rotatable bonds is 0. The highest BCUT2D eigenvalue weighted by molar-refractivity contribution is 5.96. The lowest BCUT2D eigenvalue weighted by Crippen LogP contribution is -2.51. The molecule has 0 aliphatic heterocycles. The van der Waals surface area contributed by atoms with Gasteiger partial charge in [0.15, 0.2) is 5.78 Å². The van der Waals surface area contributed by atoms with Crippen LogP contribution in [0.1, 0.15) is 59.3 Å². The normalized spacial score (nSPS) is 53.8. The number of hydrogen-bond acceptors (Lipinski definition) is 2. The lowest BCUT2D eigenvalue weighted by molar-refractivity contribution is -0.126. The Bertz CT molecular complexity index is 683. The molecule has 0 amide bonds. The van der Waals surface area contributed by atoms with Crippen molar-refractivity contribution in [1.29, 1.82) is 5.26 Å². The number of ketones is 1. The van der Waals surface area contributed by atoms with Crippen LogP contribution in [0.3, 0.4) is 0 Å². The summed E-state index contributed by atoms with van der Waals surface area (Å²) in [6.07, 6.45) is 9.31. The van der Waals surface area contributed by atoms with Gasteiger partial charge < -0.3 is 0 Å². The van der Waals surface area contributed by atoms with Crippen LogP contribution in [0.2, 0.25) is 0 Å². The molecule has 5 aliphatic rings. The van der Waals surface area contributed by atoms with Gasteiger partial charge in [-0.25, -0.2) is 0 Å². The molecule has 4 unspecified atom stereocenters. The number of nitriles is 1. The second kappa shape index (κ2) is 4.54. The van der Waals surface area contributed by atoms with Gasteiger partial charge in [-0.3, -0.25) is 4.79 Å². The summed E-state index contributed by atoms with van der Waals surface area (Å²) in [4.78, 5) is 12.5. The van der Waals surface area contributed by atoms with E-state index in [1.807, 2.05) is 6.08 Å². The van der Waals surface area contributed by atoms with Gasteiger partial charge in [-0.2, -0.15) is 5.26 Å². The van der Waals surface area contributed by atoms with Gasteiger partial charge in [-0.1, -0.05) is 26.3 Å². The van der Waals surface area contributed by atoms with E-state index >= 15 is 0 Å². The maximum absolute atomic E-state index is 12.5. The number of fused-ring (bicyclic) bond motifs is 3. The van der Waals surface area contributed by atoms with E-state index < -0.39 is 0 Å². The number of hydrogen-bond donors (Lipinski definition) is 0. The van der Waals surface area contributed by atoms with Crippen LogP contribution in [-0.2, 0) is 4.79 Å². The van der Waals surface area contributed by atoms with Gasteiger partial charge >= 0.3 is 0 Å². The molecule has 5 aliphatic carbocycles. The molecule has 2 nitrogen and oxygen atoms in total. The Labute approximate surface area is 145 Å². The average Bonchev–Trinajstić information content (AvgIpc) is 2.77. The predicted octanol–water partition coefficient (Wildman–Crippen LogP) is 4.76. The quantitative estimate of drug-likeness (QED) is 0.645. The van der Waals surface area contributed by atoms with Crippen molar-refractivity contribution in [3.05, 3.63) is 11.6 Å². The Kier molecular flexibility index (Phi) is 2.87. The van der Waals surface area contributed by atoms with E-state index in [0.29, 0.717) is 17.6 Å². The highest BCUT2D eigenvalue weighted by Crippen LogP contribution is 2.71. The van der Waals surface area contributed by atoms with E-state index in [9.17, 15) is 10.1 Å². The van der Waals surface area contributed by atoms with E-state index in [-0.39, 0.29) is 16.7 Å². The maximum Gasteiger partial charge on any atom is 0.161 e. The van der Waals surface area contributed by atoms with Gasteiger partial charge in [-0.15, -0.1) is 0 Å². The number of carbonyl (C=O) groups excluding carboxylic acids is 1. The maximum atomic E-state index is 12.5. The number of nitrogens with zero attached hydrogens (tertiary/aromatic N) is 1. The van der Waals surface area contributed by atoms with E-state index in [0.717, 1.165) is 36.5 Å². The molecule has 24 heavy (non-hydrogen) atoms. The Morgan fingerprint density at radius 1 is 1.21 bits per heavy atom. The molecule has 0 spiro atoms. The first-order valence-corrected chi connectivity index (χ1v) is 9.99. The zero-order valence-corrected chi connectivity index (χ0v) is 15.2. The Hall–Kier alpha value is -1.10. The molecule has 0 N–H and O–H groups in total. The number of carbonyl (C=O) groups is 1. The average molecular weight is 323 g/mol. The van der Waals surface area contributed by atoms with Crippen molar-refractivity contribution < 1.29 is 4.79 Å². The molecule has 2 heteroatoms. The first kappa shape index (κ1) is 15.2. The molecule has 5 rings (SSSR count). The summed E-state index contributed by atoms with van der Waals surface area (Å²) in [5.41, 5.74) is 1.57. The predicted molar refractivity (Wildman–Crippen MR) is 92.7 cm³/mol. The molecule has 0 heterocycles. The lowest BCUT2D eigenvalue weighted by Gasteiger charge is -2.57. The van der Waals surface area contributed by atoms with Crippen LogP contribution in [0.4, 0.5) is 0 Å². The Balaban J connectivity index is 1.58. The first-order valence-electron chi connectivity index (χ1n) is 9.99. The molecule has 0 saturated heterocycles. The summed E-state index contributed by atoms with van der Waals surface area (Å²) in [5, 5.41) is 9.83. The third-order valence-corrected chi connectivity index (χ3v) is 9.05. The lowest BCUT2D eigenvalue weighted by atomic mass is 9.47. The molecule has 0 aromatic heterocycles. The topological polar surface area (TPSA) is 40.9 Å². The van der Waals surface area contributed by atoms with Crippen molar-refractivity contribution in [3.63, 3.8) is 0 Å². The summed E-state index contributed by atoms with van der Waals surface area (Å²) in [6, 6.07) is 2.73. The summed E-state index contributed by atoms with van der Waals surface area (Å²) in [5.74, 6) is 5.01. The second-order valence-corrected chi connectivity index (χ2v) is 10.5. The van der Waals surface area contributed by atoms with E-state index in [1.54, 1.807) is 0 Å². The van der Waals surface area contributed by atoms with Crippen molar-refractivity contribution in [1.82, 2.24) is 0 Å². The molecule has 2 bridgehead atoms. The van der Waals surface area contributed by atoms with E-state index in [2.05, 4.69) is 26.8 Å². The smallest absolute Gasteiger partial charge is 0.161 e. The minimum atomic E-state index is -0.177. The van der Waals surface area contributed by atoms with E-state index in [4.69, 9.17) is 0 Å². The molecule has 8 atom stereocenters. The molecule has 0 radical (unpaired) electrons. The molecular formula is C22H29NO. The zero-order valence-electron chi connectivity index (χ0n) is 15.2. The van der Waals surface area contributed by atoms with Gasteiger partial charge in [0, 0.05) is 5.41 Å².